The summed E-state index contributed by atoms with van der Waals surface area (Å²) in [6.45, 7) is 0.551. The molecule has 144 valence electrons. The van der Waals surface area contributed by atoms with Gasteiger partial charge in [-0.05, 0) is 17.7 Å². The number of hydrogen-bond acceptors (Lipinski definition) is 7. The molecule has 1 aromatic carbocycles. The van der Waals surface area contributed by atoms with E-state index in [1.807, 2.05) is 12.1 Å². The molecule has 0 bridgehead atoms. The van der Waals surface area contributed by atoms with Gasteiger partial charge in [-0.1, -0.05) is 11.6 Å². The second-order valence-corrected chi connectivity index (χ2v) is 6.05. The molecule has 0 spiro atoms. The van der Waals surface area contributed by atoms with Crippen LogP contribution < -0.4 is 20.1 Å². The van der Waals surface area contributed by atoms with Gasteiger partial charge >= 0.3 is 0 Å². The number of nitrogens with zero attached hydrogens (tertiary/aromatic N) is 3. The van der Waals surface area contributed by atoms with E-state index in [1.165, 1.54) is 26.6 Å². The van der Waals surface area contributed by atoms with Gasteiger partial charge in [0.15, 0.2) is 0 Å². The fourth-order valence-electron chi connectivity index (χ4n) is 2.37. The number of carbonyl (C=O) groups excluding carboxylic acids is 1. The molecule has 0 aliphatic carbocycles. The average molecular weight is 400 g/mol. The van der Waals surface area contributed by atoms with Crippen molar-refractivity contribution in [3.63, 3.8) is 0 Å². The monoisotopic (exact) mass is 399 g/mol. The molecular weight excluding hydrogens is 382 g/mol. The Labute approximate surface area is 166 Å². The molecule has 0 unspecified atom stereocenters. The maximum Gasteiger partial charge on any atom is 0.258 e. The van der Waals surface area contributed by atoms with E-state index in [-0.39, 0.29) is 5.91 Å². The number of rotatable bonds is 7. The zero-order valence-electron chi connectivity index (χ0n) is 15.3. The van der Waals surface area contributed by atoms with Gasteiger partial charge in [0, 0.05) is 43.5 Å². The molecule has 8 nitrogen and oxygen atoms in total. The van der Waals surface area contributed by atoms with Crippen LogP contribution in [0.4, 0.5) is 11.6 Å². The summed E-state index contributed by atoms with van der Waals surface area (Å²) in [5.74, 6) is 0.864. The summed E-state index contributed by atoms with van der Waals surface area (Å²) in [7, 11) is 2.98. The van der Waals surface area contributed by atoms with E-state index in [9.17, 15) is 4.79 Å². The molecule has 0 aliphatic rings. The van der Waals surface area contributed by atoms with E-state index in [0.29, 0.717) is 40.3 Å². The first-order valence-electron chi connectivity index (χ1n) is 8.28. The van der Waals surface area contributed by atoms with Gasteiger partial charge in [0.05, 0.1) is 30.5 Å². The van der Waals surface area contributed by atoms with Crippen molar-refractivity contribution in [1.29, 1.82) is 0 Å². The number of pyridine rings is 1. The van der Waals surface area contributed by atoms with E-state index in [0.717, 1.165) is 5.56 Å². The predicted molar refractivity (Wildman–Crippen MR) is 106 cm³/mol. The number of hydrogen-bond donors (Lipinski definition) is 2. The minimum atomic E-state index is -0.386. The number of ether oxygens (including phenoxy) is 2. The topological polar surface area (TPSA) is 98.3 Å². The smallest absolute Gasteiger partial charge is 0.258 e. The van der Waals surface area contributed by atoms with Gasteiger partial charge < -0.3 is 20.1 Å². The van der Waals surface area contributed by atoms with Gasteiger partial charge in [0.2, 0.25) is 5.95 Å². The number of anilines is 2. The van der Waals surface area contributed by atoms with Crippen LogP contribution >= 0.6 is 11.6 Å². The maximum atomic E-state index is 12.5. The van der Waals surface area contributed by atoms with Crippen LogP contribution in [0.2, 0.25) is 5.02 Å². The van der Waals surface area contributed by atoms with Crippen molar-refractivity contribution >= 4 is 29.1 Å². The molecule has 28 heavy (non-hydrogen) atoms. The quantitative estimate of drug-likeness (QED) is 0.628. The summed E-state index contributed by atoms with van der Waals surface area (Å²) in [4.78, 5) is 24.8. The minimum absolute atomic E-state index is 0.297. The fourth-order valence-corrected chi connectivity index (χ4v) is 2.60. The Morgan fingerprint density at radius 2 is 1.75 bits per heavy atom. The fraction of sp³-hybridized carbons (Fsp3) is 0.158. The molecule has 9 heteroatoms. The molecule has 3 rings (SSSR count). The molecule has 3 aromatic rings. The Morgan fingerprint density at radius 3 is 2.39 bits per heavy atom. The highest BCUT2D eigenvalue weighted by atomic mass is 35.5. The normalized spacial score (nSPS) is 10.2. The second kappa shape index (κ2) is 9.01. The molecule has 2 aromatic heterocycles. The lowest BCUT2D eigenvalue weighted by molar-refractivity contribution is 0.102. The van der Waals surface area contributed by atoms with Crippen molar-refractivity contribution in [3.8, 4) is 11.5 Å². The first kappa shape index (κ1) is 19.4. The zero-order chi connectivity index (χ0) is 19.9. The van der Waals surface area contributed by atoms with Crippen LogP contribution in [0, 0.1) is 0 Å². The summed E-state index contributed by atoms with van der Waals surface area (Å²) in [6, 6.07) is 6.94. The van der Waals surface area contributed by atoms with E-state index in [2.05, 4.69) is 25.6 Å². The Hall–Kier alpha value is -3.39. The first-order chi connectivity index (χ1) is 13.6. The Kier molecular flexibility index (Phi) is 6.23. The maximum absolute atomic E-state index is 12.5. The van der Waals surface area contributed by atoms with E-state index in [1.54, 1.807) is 24.5 Å². The molecule has 2 N–H and O–H groups in total. The third kappa shape index (κ3) is 4.66. The predicted octanol–water partition coefficient (Wildman–Crippen LogP) is 3.41. The molecular formula is C19H18ClN5O3. The van der Waals surface area contributed by atoms with Crippen molar-refractivity contribution in [1.82, 2.24) is 15.0 Å². The SMILES string of the molecule is COc1cc(NC(=O)c2cnc(NCc3ccncc3)nc2)c(OC)cc1Cl. The van der Waals surface area contributed by atoms with Crippen molar-refractivity contribution in [2.75, 3.05) is 24.9 Å². The van der Waals surface area contributed by atoms with Crippen LogP contribution in [0.3, 0.4) is 0 Å². The molecule has 0 radical (unpaired) electrons. The third-order valence-electron chi connectivity index (χ3n) is 3.84. The number of carbonyl (C=O) groups is 1. The van der Waals surface area contributed by atoms with Crippen LogP contribution in [-0.2, 0) is 6.54 Å². The van der Waals surface area contributed by atoms with Crippen molar-refractivity contribution in [3.05, 3.63) is 65.2 Å². The van der Waals surface area contributed by atoms with Gasteiger partial charge in [0.25, 0.3) is 5.91 Å². The molecule has 0 saturated carbocycles. The standard InChI is InChI=1S/C19H18ClN5O3/c1-27-16-8-15(17(28-2)7-14(16)20)25-18(26)13-10-23-19(24-11-13)22-9-12-3-5-21-6-4-12/h3-8,10-11H,9H2,1-2H3,(H,25,26)(H,22,23,24). The Morgan fingerprint density at radius 1 is 1.07 bits per heavy atom. The summed E-state index contributed by atoms with van der Waals surface area (Å²) in [6.07, 6.45) is 6.31. The van der Waals surface area contributed by atoms with Gasteiger partial charge in [0.1, 0.15) is 11.5 Å². The van der Waals surface area contributed by atoms with E-state index in [4.69, 9.17) is 21.1 Å². The van der Waals surface area contributed by atoms with E-state index >= 15 is 0 Å². The number of amides is 1. The molecule has 1 amide bonds. The first-order valence-corrected chi connectivity index (χ1v) is 8.66. The van der Waals surface area contributed by atoms with Crippen LogP contribution in [0.15, 0.2) is 49.1 Å². The molecule has 0 atom stereocenters. The van der Waals surface area contributed by atoms with E-state index < -0.39 is 0 Å². The van der Waals surface area contributed by atoms with Gasteiger partial charge in [-0.2, -0.15) is 0 Å². The van der Waals surface area contributed by atoms with Crippen LogP contribution in [-0.4, -0.2) is 35.1 Å². The van der Waals surface area contributed by atoms with Crippen molar-refractivity contribution in [2.24, 2.45) is 0 Å². The number of methoxy groups -OCH3 is 2. The molecule has 2 heterocycles. The highest BCUT2D eigenvalue weighted by Gasteiger charge is 2.14. The van der Waals surface area contributed by atoms with Crippen LogP contribution in [0.5, 0.6) is 11.5 Å². The summed E-state index contributed by atoms with van der Waals surface area (Å²) in [5.41, 5.74) is 1.77. The van der Waals surface area contributed by atoms with Gasteiger partial charge in [-0.25, -0.2) is 9.97 Å². The number of halogens is 1. The number of benzene rings is 1. The lowest BCUT2D eigenvalue weighted by atomic mass is 10.2. The number of nitrogens with one attached hydrogen (secondary N) is 2. The summed E-state index contributed by atoms with van der Waals surface area (Å²) >= 11 is 6.08. The Bertz CT molecular complexity index is 952. The molecule has 0 fully saturated rings. The average Bonchev–Trinajstić information content (AvgIpc) is 2.74. The van der Waals surface area contributed by atoms with Crippen molar-refractivity contribution < 1.29 is 14.3 Å². The van der Waals surface area contributed by atoms with Gasteiger partial charge in [-0.3, -0.25) is 9.78 Å². The zero-order valence-corrected chi connectivity index (χ0v) is 16.0. The van der Waals surface area contributed by atoms with Crippen molar-refractivity contribution in [2.45, 2.75) is 6.54 Å². The third-order valence-corrected chi connectivity index (χ3v) is 4.13. The summed E-state index contributed by atoms with van der Waals surface area (Å²) < 4.78 is 10.4. The van der Waals surface area contributed by atoms with Gasteiger partial charge in [-0.15, -0.1) is 0 Å². The lowest BCUT2D eigenvalue weighted by Gasteiger charge is -2.13. The van der Waals surface area contributed by atoms with Crippen LogP contribution in [0.25, 0.3) is 0 Å². The Balaban J connectivity index is 1.68. The molecule has 0 saturated heterocycles. The summed E-state index contributed by atoms with van der Waals surface area (Å²) in [5, 5.41) is 6.21. The lowest BCUT2D eigenvalue weighted by Crippen LogP contribution is -2.14. The number of aromatic nitrogens is 3. The highest BCUT2D eigenvalue weighted by Crippen LogP contribution is 2.36. The highest BCUT2D eigenvalue weighted by molar-refractivity contribution is 6.32. The minimum Gasteiger partial charge on any atom is -0.495 e. The molecule has 0 aliphatic heterocycles. The second-order valence-electron chi connectivity index (χ2n) is 5.65. The van der Waals surface area contributed by atoms with Crippen LogP contribution in [0.1, 0.15) is 15.9 Å². The largest absolute Gasteiger partial charge is 0.495 e.